The summed E-state index contributed by atoms with van der Waals surface area (Å²) < 4.78 is 32.1. The molecule has 232 valence electrons. The fraction of sp³-hybridized carbons (Fsp3) is 0.375. The zero-order valence-corrected chi connectivity index (χ0v) is 25.6. The van der Waals surface area contributed by atoms with E-state index in [0.717, 1.165) is 25.0 Å². The first kappa shape index (κ1) is 34.7. The highest BCUT2D eigenvalue weighted by Gasteiger charge is 2.19. The molecule has 0 saturated carbocycles. The summed E-state index contributed by atoms with van der Waals surface area (Å²) in [4.78, 5) is 43.7. The van der Waals surface area contributed by atoms with Gasteiger partial charge in [-0.25, -0.2) is 18.4 Å². The van der Waals surface area contributed by atoms with E-state index in [-0.39, 0.29) is 17.9 Å². The molecule has 3 aromatic rings. The molecule has 1 aromatic heterocycles. The summed E-state index contributed by atoms with van der Waals surface area (Å²) in [6.45, 7) is 12.1. The molecule has 0 atom stereocenters. The van der Waals surface area contributed by atoms with Gasteiger partial charge >= 0.3 is 12.1 Å². The Balaban J connectivity index is 0.00000206. The maximum Gasteiger partial charge on any atom is 0.412 e. The van der Waals surface area contributed by atoms with E-state index in [0.29, 0.717) is 23.5 Å². The average molecular weight is 598 g/mol. The average Bonchev–Trinajstić information content (AvgIpc) is 2.93. The van der Waals surface area contributed by atoms with Crippen molar-refractivity contribution in [3.05, 3.63) is 83.7 Å². The number of carbonyl (C=O) groups excluding carboxylic acids is 3. The van der Waals surface area contributed by atoms with E-state index in [2.05, 4.69) is 34.8 Å². The number of carbonyl (C=O) groups is 3. The Morgan fingerprint density at radius 2 is 1.53 bits per heavy atom. The van der Waals surface area contributed by atoms with Crippen LogP contribution in [0.15, 0.2) is 60.8 Å². The fourth-order valence-corrected chi connectivity index (χ4v) is 3.55. The molecule has 3 N–H and O–H groups in total. The Hall–Kier alpha value is -4.54. The van der Waals surface area contributed by atoms with Gasteiger partial charge < -0.3 is 20.3 Å². The molecule has 0 aliphatic carbocycles. The van der Waals surface area contributed by atoms with Crippen molar-refractivity contribution < 1.29 is 27.9 Å². The molecule has 0 aliphatic heterocycles. The molecule has 2 aromatic carbocycles. The van der Waals surface area contributed by atoms with Crippen LogP contribution in [0.5, 0.6) is 0 Å². The molecule has 3 rings (SSSR count). The standard InChI is InChI=1S/C29H33F2N5O4.C3H8/c1-5-6-15-36(27(38)33-20-12-13-21(30)22(31)16-20)18-19-11-14-25(32-17-19)26(37)34-23-9-7-8-10-24(23)35-28(39)40-29(2,3)4;1-3-2/h7-14,16-17H,5-6,15,18H2,1-4H3,(H,33,38)(H,34,37)(H,35,39);3H2,1-2H3. The number of aromatic nitrogens is 1. The monoisotopic (exact) mass is 597 g/mol. The third kappa shape index (κ3) is 12.1. The van der Waals surface area contributed by atoms with Crippen molar-refractivity contribution in [1.29, 1.82) is 0 Å². The lowest BCUT2D eigenvalue weighted by Gasteiger charge is -2.23. The van der Waals surface area contributed by atoms with Crippen LogP contribution < -0.4 is 16.0 Å². The normalized spacial score (nSPS) is 10.6. The van der Waals surface area contributed by atoms with E-state index in [1.807, 2.05) is 6.92 Å². The number of ether oxygens (including phenoxy) is 1. The van der Waals surface area contributed by atoms with Gasteiger partial charge in [-0.05, 0) is 63.1 Å². The molecule has 0 radical (unpaired) electrons. The maximum absolute atomic E-state index is 13.6. The van der Waals surface area contributed by atoms with Crippen molar-refractivity contribution in [2.24, 2.45) is 0 Å². The lowest BCUT2D eigenvalue weighted by molar-refractivity contribution is 0.0635. The molecule has 4 amide bonds. The minimum Gasteiger partial charge on any atom is -0.444 e. The highest BCUT2D eigenvalue weighted by Crippen LogP contribution is 2.23. The van der Waals surface area contributed by atoms with Crippen LogP contribution in [0, 0.1) is 11.6 Å². The van der Waals surface area contributed by atoms with Crippen LogP contribution in [0.3, 0.4) is 0 Å². The number of unbranched alkanes of at least 4 members (excludes halogenated alkanes) is 1. The van der Waals surface area contributed by atoms with Crippen LogP contribution in [0.1, 0.15) is 76.9 Å². The number of anilines is 3. The first-order chi connectivity index (χ1) is 20.4. The van der Waals surface area contributed by atoms with Crippen molar-refractivity contribution >= 4 is 35.1 Å². The van der Waals surface area contributed by atoms with Gasteiger partial charge in [0.15, 0.2) is 11.6 Å². The summed E-state index contributed by atoms with van der Waals surface area (Å²) in [6.07, 6.45) is 3.66. The number of nitrogens with zero attached hydrogens (tertiary/aromatic N) is 2. The molecule has 1 heterocycles. The molecule has 0 saturated heterocycles. The van der Waals surface area contributed by atoms with E-state index >= 15 is 0 Å². The van der Waals surface area contributed by atoms with E-state index in [4.69, 9.17) is 4.74 Å². The first-order valence-electron chi connectivity index (χ1n) is 14.2. The van der Waals surface area contributed by atoms with Crippen LogP contribution >= 0.6 is 0 Å². The van der Waals surface area contributed by atoms with Gasteiger partial charge in [0.1, 0.15) is 11.3 Å². The number of halogens is 2. The Kier molecular flexibility index (Phi) is 13.5. The number of amides is 4. The molecular weight excluding hydrogens is 556 g/mol. The number of rotatable bonds is 9. The van der Waals surface area contributed by atoms with Gasteiger partial charge in [-0.15, -0.1) is 0 Å². The van der Waals surface area contributed by atoms with Gasteiger partial charge in [0.2, 0.25) is 0 Å². The second kappa shape index (κ2) is 16.8. The molecule has 0 aliphatic rings. The van der Waals surface area contributed by atoms with Crippen molar-refractivity contribution in [3.8, 4) is 0 Å². The predicted molar refractivity (Wildman–Crippen MR) is 165 cm³/mol. The number of para-hydroxylation sites is 2. The predicted octanol–water partition coefficient (Wildman–Crippen LogP) is 8.21. The van der Waals surface area contributed by atoms with Crippen LogP contribution in [0.25, 0.3) is 0 Å². The molecule has 9 nitrogen and oxygen atoms in total. The van der Waals surface area contributed by atoms with Gasteiger partial charge in [0.25, 0.3) is 5.91 Å². The third-order valence-corrected chi connectivity index (χ3v) is 5.48. The minimum atomic E-state index is -1.06. The van der Waals surface area contributed by atoms with Gasteiger partial charge in [-0.2, -0.15) is 0 Å². The molecule has 0 spiro atoms. The molecule has 43 heavy (non-hydrogen) atoms. The highest BCUT2D eigenvalue weighted by atomic mass is 19.2. The summed E-state index contributed by atoms with van der Waals surface area (Å²) in [5.74, 6) is -2.55. The summed E-state index contributed by atoms with van der Waals surface area (Å²) in [6, 6.07) is 12.6. The van der Waals surface area contributed by atoms with Crippen molar-refractivity contribution in [2.75, 3.05) is 22.5 Å². The number of nitrogens with one attached hydrogen (secondary N) is 3. The third-order valence-electron chi connectivity index (χ3n) is 5.48. The Morgan fingerprint density at radius 3 is 2.09 bits per heavy atom. The van der Waals surface area contributed by atoms with E-state index in [1.165, 1.54) is 29.7 Å². The van der Waals surface area contributed by atoms with Gasteiger partial charge in [-0.1, -0.05) is 51.8 Å². The number of hydrogen-bond donors (Lipinski definition) is 3. The van der Waals surface area contributed by atoms with Crippen LogP contribution in [-0.4, -0.2) is 40.1 Å². The number of benzene rings is 2. The minimum absolute atomic E-state index is 0.127. The first-order valence-corrected chi connectivity index (χ1v) is 14.2. The fourth-order valence-electron chi connectivity index (χ4n) is 3.55. The van der Waals surface area contributed by atoms with Crippen LogP contribution in [0.2, 0.25) is 0 Å². The van der Waals surface area contributed by atoms with E-state index in [9.17, 15) is 23.2 Å². The Bertz CT molecular complexity index is 1360. The van der Waals surface area contributed by atoms with Crippen molar-refractivity contribution in [2.45, 2.75) is 73.0 Å². The second-order valence-corrected chi connectivity index (χ2v) is 10.7. The zero-order valence-electron chi connectivity index (χ0n) is 25.6. The Labute approximate surface area is 252 Å². The number of hydrogen-bond acceptors (Lipinski definition) is 5. The summed E-state index contributed by atoms with van der Waals surface area (Å²) in [7, 11) is 0. The lowest BCUT2D eigenvalue weighted by Crippen LogP contribution is -2.35. The maximum atomic E-state index is 13.6. The molecular formula is C32H41F2N5O4. The van der Waals surface area contributed by atoms with Crippen LogP contribution in [-0.2, 0) is 11.3 Å². The van der Waals surface area contributed by atoms with Crippen molar-refractivity contribution in [3.63, 3.8) is 0 Å². The number of urea groups is 1. The smallest absolute Gasteiger partial charge is 0.412 e. The summed E-state index contributed by atoms with van der Waals surface area (Å²) >= 11 is 0. The summed E-state index contributed by atoms with van der Waals surface area (Å²) in [5, 5.41) is 7.94. The summed E-state index contributed by atoms with van der Waals surface area (Å²) in [5.41, 5.74) is 0.975. The van der Waals surface area contributed by atoms with Gasteiger partial charge in [-0.3, -0.25) is 15.1 Å². The lowest BCUT2D eigenvalue weighted by atomic mass is 10.2. The molecule has 0 unspecified atom stereocenters. The number of pyridine rings is 1. The van der Waals surface area contributed by atoms with Gasteiger partial charge in [0.05, 0.1) is 11.4 Å². The molecule has 0 fully saturated rings. The molecule has 11 heteroatoms. The second-order valence-electron chi connectivity index (χ2n) is 10.7. The van der Waals surface area contributed by atoms with E-state index < -0.39 is 35.3 Å². The largest absolute Gasteiger partial charge is 0.444 e. The quantitative estimate of drug-likeness (QED) is 0.230. The molecule has 0 bridgehead atoms. The van der Waals surface area contributed by atoms with Crippen LogP contribution in [0.4, 0.5) is 35.4 Å². The topological polar surface area (TPSA) is 113 Å². The highest BCUT2D eigenvalue weighted by molar-refractivity contribution is 6.05. The van der Waals surface area contributed by atoms with E-state index in [1.54, 1.807) is 51.1 Å². The van der Waals surface area contributed by atoms with Gasteiger partial charge in [0, 0.05) is 31.0 Å². The SMILES string of the molecule is CCC.CCCCN(Cc1ccc(C(=O)Nc2ccccc2NC(=O)OC(C)(C)C)nc1)C(=O)Nc1ccc(F)c(F)c1. The Morgan fingerprint density at radius 1 is 0.884 bits per heavy atom. The zero-order chi connectivity index (χ0) is 32.0. The van der Waals surface area contributed by atoms with Crippen molar-refractivity contribution in [1.82, 2.24) is 9.88 Å².